The zero-order valence-electron chi connectivity index (χ0n) is 14.2. The number of amides is 2. The average molecular weight is 382 g/mol. The Hall–Kier alpha value is -4.34. The third-order valence-electron chi connectivity index (χ3n) is 3.17. The Labute approximate surface area is 158 Å². The lowest BCUT2D eigenvalue weighted by Gasteiger charge is -2.06. The van der Waals surface area contributed by atoms with E-state index in [4.69, 9.17) is 0 Å². The first-order valence-electron chi connectivity index (χ1n) is 7.72. The van der Waals surface area contributed by atoms with Crippen molar-refractivity contribution in [2.24, 2.45) is 0 Å². The number of carbonyl (C=O) groups excluding carboxylic acids is 2. The quantitative estimate of drug-likeness (QED) is 0.400. The Morgan fingerprint density at radius 3 is 1.39 bits per heavy atom. The fourth-order valence-electron chi connectivity index (χ4n) is 1.87. The van der Waals surface area contributed by atoms with E-state index in [9.17, 15) is 29.4 Å². The van der Waals surface area contributed by atoms with Gasteiger partial charge in [0, 0.05) is 12.4 Å². The molecule has 0 bridgehead atoms. The topological polar surface area (TPSA) is 159 Å². The van der Waals surface area contributed by atoms with E-state index in [1.165, 1.54) is 24.5 Å². The fourth-order valence-corrected chi connectivity index (χ4v) is 1.87. The Bertz CT molecular complexity index is 875. The molecule has 28 heavy (non-hydrogen) atoms. The molecule has 0 radical (unpaired) electrons. The van der Waals surface area contributed by atoms with E-state index in [1.807, 2.05) is 0 Å². The van der Waals surface area contributed by atoms with Crippen LogP contribution in [0, 0.1) is 0 Å². The Morgan fingerprint density at radius 1 is 0.714 bits per heavy atom. The molecule has 10 heteroatoms. The van der Waals surface area contributed by atoms with Crippen LogP contribution in [0.5, 0.6) is 0 Å². The van der Waals surface area contributed by atoms with Gasteiger partial charge in [-0.1, -0.05) is 12.1 Å². The maximum atomic E-state index is 12.0. The SMILES string of the molecule is O=C(O)/C(=C/C=C(\NC(=O)c1ccccn1)C(=O)O)NC(=O)c1ccccn1. The number of nitrogens with zero attached hydrogens (tertiary/aromatic N) is 2. The standard InChI is InChI=1S/C18H14N4O6/c23-15(11-5-1-3-9-19-11)21-13(17(25)26)7-8-14(18(27)28)22-16(24)12-6-2-4-10-20-12/h1-10H,(H,21,23)(H,22,24)(H,25,26)(H,27,28)/b13-7-,14-8-. The molecule has 2 aromatic rings. The maximum absolute atomic E-state index is 12.0. The predicted octanol–water partition coefficient (Wildman–Crippen LogP) is 0.573. The number of carboxylic acid groups (broad SMARTS) is 2. The predicted molar refractivity (Wildman–Crippen MR) is 94.8 cm³/mol. The summed E-state index contributed by atoms with van der Waals surface area (Å²) < 4.78 is 0. The Morgan fingerprint density at radius 2 is 1.11 bits per heavy atom. The molecule has 142 valence electrons. The number of pyridine rings is 2. The molecule has 2 heterocycles. The van der Waals surface area contributed by atoms with Crippen molar-refractivity contribution in [1.82, 2.24) is 20.6 Å². The molecule has 0 saturated carbocycles. The van der Waals surface area contributed by atoms with Gasteiger partial charge in [0.15, 0.2) is 0 Å². The van der Waals surface area contributed by atoms with Crippen molar-refractivity contribution >= 4 is 23.8 Å². The molecule has 4 N–H and O–H groups in total. The van der Waals surface area contributed by atoms with Gasteiger partial charge < -0.3 is 20.8 Å². The van der Waals surface area contributed by atoms with Crippen molar-refractivity contribution in [1.29, 1.82) is 0 Å². The molecule has 0 unspecified atom stereocenters. The highest BCUT2D eigenvalue weighted by Gasteiger charge is 2.16. The number of hydrogen-bond acceptors (Lipinski definition) is 6. The highest BCUT2D eigenvalue weighted by atomic mass is 16.4. The maximum Gasteiger partial charge on any atom is 0.352 e. The van der Waals surface area contributed by atoms with Crippen LogP contribution in [-0.4, -0.2) is 43.9 Å². The molecule has 2 rings (SSSR count). The smallest absolute Gasteiger partial charge is 0.352 e. The first kappa shape index (κ1) is 20.0. The van der Waals surface area contributed by atoms with Crippen LogP contribution in [0.4, 0.5) is 0 Å². The van der Waals surface area contributed by atoms with E-state index < -0.39 is 35.1 Å². The van der Waals surface area contributed by atoms with E-state index >= 15 is 0 Å². The van der Waals surface area contributed by atoms with Crippen LogP contribution in [0.15, 0.2) is 72.3 Å². The summed E-state index contributed by atoms with van der Waals surface area (Å²) in [5.41, 5.74) is -1.27. The van der Waals surface area contributed by atoms with Crippen molar-refractivity contribution < 1.29 is 29.4 Å². The van der Waals surface area contributed by atoms with Gasteiger partial charge in [-0.15, -0.1) is 0 Å². The second-order valence-electron chi connectivity index (χ2n) is 5.11. The molecule has 10 nitrogen and oxygen atoms in total. The molecular formula is C18H14N4O6. The van der Waals surface area contributed by atoms with Gasteiger partial charge >= 0.3 is 11.9 Å². The summed E-state index contributed by atoms with van der Waals surface area (Å²) >= 11 is 0. The summed E-state index contributed by atoms with van der Waals surface area (Å²) in [6.07, 6.45) is 4.39. The van der Waals surface area contributed by atoms with Crippen LogP contribution >= 0.6 is 0 Å². The summed E-state index contributed by atoms with van der Waals surface area (Å²) in [5, 5.41) is 22.6. The lowest BCUT2D eigenvalue weighted by Crippen LogP contribution is -2.29. The second-order valence-corrected chi connectivity index (χ2v) is 5.11. The van der Waals surface area contributed by atoms with Gasteiger partial charge in [0.25, 0.3) is 11.8 Å². The normalized spacial score (nSPS) is 11.4. The minimum atomic E-state index is -1.51. The molecule has 0 spiro atoms. The summed E-state index contributed by atoms with van der Waals surface area (Å²) in [4.78, 5) is 54.2. The molecule has 0 saturated heterocycles. The third-order valence-corrected chi connectivity index (χ3v) is 3.17. The van der Waals surface area contributed by atoms with E-state index in [-0.39, 0.29) is 11.4 Å². The Balaban J connectivity index is 2.21. The number of hydrogen-bond donors (Lipinski definition) is 4. The van der Waals surface area contributed by atoms with Gasteiger partial charge in [-0.05, 0) is 36.4 Å². The first-order valence-corrected chi connectivity index (χ1v) is 7.72. The van der Waals surface area contributed by atoms with Crippen LogP contribution in [0.1, 0.15) is 21.0 Å². The molecule has 0 aliphatic rings. The molecule has 0 atom stereocenters. The van der Waals surface area contributed by atoms with Gasteiger partial charge in [-0.3, -0.25) is 19.6 Å². The molecule has 2 amide bonds. The third kappa shape index (κ3) is 5.59. The van der Waals surface area contributed by atoms with Crippen LogP contribution in [0.25, 0.3) is 0 Å². The number of aliphatic carboxylic acids is 2. The Kier molecular flexibility index (Phi) is 6.69. The van der Waals surface area contributed by atoms with Gasteiger partial charge in [-0.25, -0.2) is 9.59 Å². The number of carboxylic acids is 2. The van der Waals surface area contributed by atoms with Crippen molar-refractivity contribution in [3.05, 3.63) is 83.7 Å². The summed E-state index contributed by atoms with van der Waals surface area (Å²) in [6.45, 7) is 0. The van der Waals surface area contributed by atoms with Gasteiger partial charge in [-0.2, -0.15) is 0 Å². The van der Waals surface area contributed by atoms with Crippen molar-refractivity contribution in [2.45, 2.75) is 0 Å². The molecule has 2 aromatic heterocycles. The summed E-state index contributed by atoms with van der Waals surface area (Å²) in [6, 6.07) is 9.00. The van der Waals surface area contributed by atoms with Crippen LogP contribution in [0.2, 0.25) is 0 Å². The minimum Gasteiger partial charge on any atom is -0.477 e. The van der Waals surface area contributed by atoms with E-state index in [0.29, 0.717) is 0 Å². The first-order chi connectivity index (χ1) is 13.4. The lowest BCUT2D eigenvalue weighted by atomic mass is 10.2. The minimum absolute atomic E-state index is 0.0273. The zero-order valence-corrected chi connectivity index (χ0v) is 14.2. The van der Waals surface area contributed by atoms with Gasteiger partial charge in [0.2, 0.25) is 0 Å². The van der Waals surface area contributed by atoms with Crippen molar-refractivity contribution in [3.63, 3.8) is 0 Å². The molecule has 0 aliphatic carbocycles. The monoisotopic (exact) mass is 382 g/mol. The largest absolute Gasteiger partial charge is 0.477 e. The number of rotatable bonds is 7. The lowest BCUT2D eigenvalue weighted by molar-refractivity contribution is -0.134. The van der Waals surface area contributed by atoms with Crippen molar-refractivity contribution in [3.8, 4) is 0 Å². The van der Waals surface area contributed by atoms with E-state index in [1.54, 1.807) is 24.3 Å². The van der Waals surface area contributed by atoms with E-state index in [0.717, 1.165) is 12.2 Å². The number of carbonyl (C=O) groups is 4. The van der Waals surface area contributed by atoms with E-state index in [2.05, 4.69) is 20.6 Å². The number of aromatic nitrogens is 2. The summed E-state index contributed by atoms with van der Waals surface area (Å²) in [7, 11) is 0. The average Bonchev–Trinajstić information content (AvgIpc) is 2.70. The van der Waals surface area contributed by atoms with Crippen LogP contribution in [0.3, 0.4) is 0 Å². The molecule has 0 aromatic carbocycles. The van der Waals surface area contributed by atoms with Crippen LogP contribution < -0.4 is 10.6 Å². The van der Waals surface area contributed by atoms with Crippen molar-refractivity contribution in [2.75, 3.05) is 0 Å². The highest BCUT2D eigenvalue weighted by molar-refractivity contribution is 6.01. The molecule has 0 fully saturated rings. The number of allylic oxidation sites excluding steroid dienone is 2. The zero-order chi connectivity index (χ0) is 20.5. The fraction of sp³-hybridized carbons (Fsp3) is 0. The summed E-state index contributed by atoms with van der Waals surface area (Å²) in [5.74, 6) is -4.61. The molecular weight excluding hydrogens is 368 g/mol. The number of nitrogens with one attached hydrogen (secondary N) is 2. The second kappa shape index (κ2) is 9.38. The molecule has 0 aliphatic heterocycles. The highest BCUT2D eigenvalue weighted by Crippen LogP contribution is 2.01. The van der Waals surface area contributed by atoms with Gasteiger partial charge in [0.1, 0.15) is 22.8 Å². The van der Waals surface area contributed by atoms with Gasteiger partial charge in [0.05, 0.1) is 0 Å². The van der Waals surface area contributed by atoms with Crippen LogP contribution in [-0.2, 0) is 9.59 Å².